The Morgan fingerprint density at radius 3 is 2.38 bits per heavy atom. The summed E-state index contributed by atoms with van der Waals surface area (Å²) in [6.45, 7) is 2.57. The topological polar surface area (TPSA) is 132 Å². The Kier molecular flexibility index (Phi) is 9.50. The third kappa shape index (κ3) is 6.98. The van der Waals surface area contributed by atoms with Crippen LogP contribution in [0.3, 0.4) is 0 Å². The number of carbonyl (C=O) groups is 4. The number of aliphatic carboxylic acids is 1. The van der Waals surface area contributed by atoms with Crippen LogP contribution in [-0.2, 0) is 28.0 Å². The van der Waals surface area contributed by atoms with Gasteiger partial charge in [0.1, 0.15) is 5.54 Å². The lowest BCUT2D eigenvalue weighted by molar-refractivity contribution is -0.137. The van der Waals surface area contributed by atoms with Crippen LogP contribution in [0.2, 0.25) is 0 Å². The Labute approximate surface area is 301 Å². The van der Waals surface area contributed by atoms with E-state index < -0.39 is 17.6 Å². The molecule has 52 heavy (non-hydrogen) atoms. The van der Waals surface area contributed by atoms with Gasteiger partial charge in [0.05, 0.1) is 11.6 Å². The third-order valence-corrected chi connectivity index (χ3v) is 9.95. The zero-order valence-corrected chi connectivity index (χ0v) is 28.7. The molecular weight excluding hydrogens is 652 g/mol. The number of rotatable bonds is 12. The average Bonchev–Trinajstić information content (AvgIpc) is 3.93. The smallest absolute Gasteiger partial charge is 0.303 e. The van der Waals surface area contributed by atoms with Crippen molar-refractivity contribution in [2.45, 2.75) is 44.2 Å². The summed E-state index contributed by atoms with van der Waals surface area (Å²) in [5.74, 6) is -1.31. The van der Waals surface area contributed by atoms with Gasteiger partial charge in [0, 0.05) is 54.3 Å². The van der Waals surface area contributed by atoms with Crippen molar-refractivity contribution in [3.8, 4) is 11.3 Å². The second-order valence-electron chi connectivity index (χ2n) is 13.3. The highest BCUT2D eigenvalue weighted by molar-refractivity contribution is 6.08. The number of anilines is 1. The van der Waals surface area contributed by atoms with E-state index in [0.717, 1.165) is 40.1 Å². The number of ketones is 1. The van der Waals surface area contributed by atoms with Crippen molar-refractivity contribution in [1.29, 1.82) is 0 Å². The van der Waals surface area contributed by atoms with E-state index in [1.54, 1.807) is 42.8 Å². The summed E-state index contributed by atoms with van der Waals surface area (Å²) < 4.78 is 0. The third-order valence-electron chi connectivity index (χ3n) is 9.95. The average molecular weight is 691 g/mol. The second-order valence-corrected chi connectivity index (χ2v) is 13.3. The Hall–Kier alpha value is -6.35. The van der Waals surface area contributed by atoms with Crippen LogP contribution in [0.4, 0.5) is 5.69 Å². The highest BCUT2D eigenvalue weighted by Gasteiger charge is 2.36. The van der Waals surface area contributed by atoms with E-state index in [4.69, 9.17) is 4.99 Å². The number of carboxylic acid groups (broad SMARTS) is 1. The number of H-pyrrole nitrogens is 1. The van der Waals surface area contributed by atoms with Crippen LogP contribution < -0.4 is 10.2 Å². The summed E-state index contributed by atoms with van der Waals surface area (Å²) >= 11 is 0. The van der Waals surface area contributed by atoms with Gasteiger partial charge < -0.3 is 20.3 Å². The Balaban J connectivity index is 1.01. The SMILES string of the molecule is CC1(c2ccc(C(CCC(=O)O)NC(=O)c3ccccc3)cc2)N=CC=C1C(=O)Cc1ccc(-c2cc(C(=O)N3CCc4ccccc43)c[nH]2)cc1. The summed E-state index contributed by atoms with van der Waals surface area (Å²) in [5, 5.41) is 12.3. The number of benzene rings is 4. The lowest BCUT2D eigenvalue weighted by atomic mass is 9.82. The Morgan fingerprint density at radius 1 is 0.904 bits per heavy atom. The molecule has 3 N–H and O–H groups in total. The molecule has 9 heteroatoms. The zero-order valence-electron chi connectivity index (χ0n) is 28.7. The number of allylic oxidation sites excluding steroid dienone is 1. The Morgan fingerprint density at radius 2 is 1.63 bits per heavy atom. The van der Waals surface area contributed by atoms with Crippen LogP contribution in [0.1, 0.15) is 68.8 Å². The number of para-hydroxylation sites is 1. The number of aromatic amines is 1. The first-order chi connectivity index (χ1) is 25.2. The largest absolute Gasteiger partial charge is 0.481 e. The molecule has 2 aliphatic rings. The first kappa shape index (κ1) is 34.1. The second kappa shape index (κ2) is 14.5. The number of carbonyl (C=O) groups excluding carboxylic acids is 3. The highest BCUT2D eigenvalue weighted by Crippen LogP contribution is 2.38. The van der Waals surface area contributed by atoms with Crippen molar-refractivity contribution < 1.29 is 24.3 Å². The van der Waals surface area contributed by atoms with Gasteiger partial charge >= 0.3 is 5.97 Å². The summed E-state index contributed by atoms with van der Waals surface area (Å²) in [4.78, 5) is 61.1. The number of nitrogens with zero attached hydrogens (tertiary/aromatic N) is 2. The number of aromatic nitrogens is 1. The van der Waals surface area contributed by atoms with Crippen LogP contribution >= 0.6 is 0 Å². The fourth-order valence-electron chi connectivity index (χ4n) is 7.02. The molecule has 2 amide bonds. The van der Waals surface area contributed by atoms with Crippen LogP contribution in [0.15, 0.2) is 132 Å². The molecule has 9 nitrogen and oxygen atoms in total. The van der Waals surface area contributed by atoms with Crippen molar-refractivity contribution >= 4 is 35.5 Å². The number of Topliss-reactive ketones (excluding diaryl/α,β-unsaturated/α-hetero) is 1. The van der Waals surface area contributed by atoms with Crippen molar-refractivity contribution in [1.82, 2.24) is 10.3 Å². The van der Waals surface area contributed by atoms with E-state index in [2.05, 4.69) is 16.4 Å². The molecule has 3 heterocycles. The summed E-state index contributed by atoms with van der Waals surface area (Å²) in [6, 6.07) is 33.4. The van der Waals surface area contributed by atoms with Crippen LogP contribution in [0.5, 0.6) is 0 Å². The molecule has 0 saturated heterocycles. The van der Waals surface area contributed by atoms with E-state index in [0.29, 0.717) is 23.2 Å². The molecule has 4 aromatic carbocycles. The molecule has 2 unspecified atom stereocenters. The predicted molar refractivity (Wildman–Crippen MR) is 201 cm³/mol. The van der Waals surface area contributed by atoms with Gasteiger partial charge in [-0.1, -0.05) is 84.9 Å². The maximum atomic E-state index is 13.7. The van der Waals surface area contributed by atoms with Crippen molar-refractivity contribution in [2.24, 2.45) is 4.99 Å². The van der Waals surface area contributed by atoms with Crippen LogP contribution in [-0.4, -0.2) is 46.4 Å². The van der Waals surface area contributed by atoms with E-state index in [1.165, 1.54) is 5.56 Å². The van der Waals surface area contributed by atoms with Gasteiger partial charge in [-0.15, -0.1) is 0 Å². The number of amides is 2. The molecule has 2 atom stereocenters. The van der Waals surface area contributed by atoms with E-state index in [-0.39, 0.29) is 36.9 Å². The molecule has 0 saturated carbocycles. The number of hydrogen-bond donors (Lipinski definition) is 3. The van der Waals surface area contributed by atoms with E-state index >= 15 is 0 Å². The molecule has 0 spiro atoms. The maximum absolute atomic E-state index is 13.7. The van der Waals surface area contributed by atoms with Gasteiger partial charge in [-0.25, -0.2) is 0 Å². The lowest BCUT2D eigenvalue weighted by Gasteiger charge is -2.26. The first-order valence-corrected chi connectivity index (χ1v) is 17.3. The molecule has 0 aliphatic carbocycles. The Bertz CT molecular complexity index is 2200. The molecule has 1 aromatic heterocycles. The van der Waals surface area contributed by atoms with Gasteiger partial charge in [0.15, 0.2) is 5.78 Å². The van der Waals surface area contributed by atoms with Crippen molar-refractivity contribution in [3.05, 3.63) is 160 Å². The van der Waals surface area contributed by atoms with Crippen molar-refractivity contribution in [3.63, 3.8) is 0 Å². The van der Waals surface area contributed by atoms with Crippen molar-refractivity contribution in [2.75, 3.05) is 11.4 Å². The zero-order chi connectivity index (χ0) is 36.2. The summed E-state index contributed by atoms with van der Waals surface area (Å²) in [6.07, 6.45) is 6.32. The number of hydrogen-bond acceptors (Lipinski definition) is 5. The summed E-state index contributed by atoms with van der Waals surface area (Å²) in [7, 11) is 0. The molecule has 260 valence electrons. The highest BCUT2D eigenvalue weighted by atomic mass is 16.4. The number of carboxylic acids is 1. The van der Waals surface area contributed by atoms with E-state index in [1.807, 2.05) is 90.7 Å². The quantitative estimate of drug-likeness (QED) is 0.127. The molecule has 2 aliphatic heterocycles. The fraction of sp³-hybridized carbons (Fsp3) is 0.186. The molecule has 7 rings (SSSR count). The molecular formula is C43H38N4O5. The molecule has 0 radical (unpaired) electrons. The first-order valence-electron chi connectivity index (χ1n) is 17.3. The van der Waals surface area contributed by atoms with Gasteiger partial charge in [0.2, 0.25) is 0 Å². The predicted octanol–water partition coefficient (Wildman–Crippen LogP) is 7.26. The van der Waals surface area contributed by atoms with Gasteiger partial charge in [-0.05, 0) is 77.9 Å². The van der Waals surface area contributed by atoms with Gasteiger partial charge in [-0.2, -0.15) is 0 Å². The molecule has 0 bridgehead atoms. The standard InChI is InChI=1S/C43H38N4O5/c1-43(34-17-15-29(16-18-34)36(19-20-40(49)50)46-41(51)32-8-3-2-4-9-32)35(21-23-45-43)39(48)25-28-11-13-30(14-12-28)37-26-33(27-44-37)42(52)47-24-22-31-7-5-6-10-38(31)47/h2-18,21,23,26-27,36,44H,19-20,22,24-25H2,1H3,(H,46,51)(H,49,50). The normalized spacial score (nSPS) is 16.6. The van der Waals surface area contributed by atoms with Crippen LogP contribution in [0.25, 0.3) is 11.3 Å². The fourth-order valence-corrected chi connectivity index (χ4v) is 7.02. The minimum atomic E-state index is -0.944. The maximum Gasteiger partial charge on any atom is 0.303 e. The van der Waals surface area contributed by atoms with Gasteiger partial charge in [-0.3, -0.25) is 24.2 Å². The van der Waals surface area contributed by atoms with Gasteiger partial charge in [0.25, 0.3) is 11.8 Å². The van der Waals surface area contributed by atoms with Crippen LogP contribution in [0, 0.1) is 0 Å². The minimum Gasteiger partial charge on any atom is -0.481 e. The molecule has 0 fully saturated rings. The number of nitrogens with one attached hydrogen (secondary N) is 2. The summed E-state index contributed by atoms with van der Waals surface area (Å²) in [5.41, 5.74) is 7.05. The minimum absolute atomic E-state index is 0.0350. The van der Waals surface area contributed by atoms with E-state index in [9.17, 15) is 24.3 Å². The monoisotopic (exact) mass is 690 g/mol. The lowest BCUT2D eigenvalue weighted by Crippen LogP contribution is -2.29. The molecule has 5 aromatic rings. The number of fused-ring (bicyclic) bond motifs is 1. The number of aliphatic imine (C=N–C) groups is 1.